The number of fused-ring (bicyclic) bond motifs is 1. The highest BCUT2D eigenvalue weighted by Crippen LogP contribution is 2.25. The number of aryl methyl sites for hydroxylation is 1. The molecule has 0 amide bonds. The van der Waals surface area contributed by atoms with Gasteiger partial charge in [-0.25, -0.2) is 4.98 Å². The van der Waals surface area contributed by atoms with Gasteiger partial charge in [-0.2, -0.15) is 4.98 Å². The minimum atomic E-state index is 0.824. The predicted octanol–water partition coefficient (Wildman–Crippen LogP) is 4.46. The molecule has 5 nitrogen and oxygen atoms in total. The zero-order valence-corrected chi connectivity index (χ0v) is 14.6. The molecule has 0 aliphatic carbocycles. The molecule has 1 aromatic carbocycles. The summed E-state index contributed by atoms with van der Waals surface area (Å²) >= 11 is 0. The van der Waals surface area contributed by atoms with Gasteiger partial charge in [-0.05, 0) is 31.9 Å². The van der Waals surface area contributed by atoms with E-state index in [1.807, 2.05) is 37.4 Å². The highest BCUT2D eigenvalue weighted by Gasteiger charge is 2.14. The number of benzene rings is 1. The number of aromatic nitrogens is 3. The largest absolute Gasteiger partial charge is 0.341 e. The van der Waals surface area contributed by atoms with Crippen LogP contribution in [0.4, 0.5) is 17.5 Å². The van der Waals surface area contributed by atoms with Crippen LogP contribution < -0.4 is 10.2 Å². The summed E-state index contributed by atoms with van der Waals surface area (Å²) in [4.78, 5) is 16.3. The van der Waals surface area contributed by atoms with Gasteiger partial charge in [0.25, 0.3) is 0 Å². The molecule has 0 unspecified atom stereocenters. The first-order valence-electron chi connectivity index (χ1n) is 9.01. The third-order valence-electron chi connectivity index (χ3n) is 4.63. The molecule has 1 saturated heterocycles. The summed E-state index contributed by atoms with van der Waals surface area (Å²) in [5.74, 6) is 1.66. The van der Waals surface area contributed by atoms with E-state index in [1.54, 1.807) is 0 Å². The molecule has 3 aromatic rings. The van der Waals surface area contributed by atoms with Crippen LogP contribution in [0.2, 0.25) is 0 Å². The van der Waals surface area contributed by atoms with Crippen molar-refractivity contribution in [1.82, 2.24) is 15.0 Å². The summed E-state index contributed by atoms with van der Waals surface area (Å²) in [6, 6.07) is 12.2. The average Bonchev–Trinajstić information content (AvgIpc) is 2.91. The highest BCUT2D eigenvalue weighted by atomic mass is 15.3. The molecule has 2 aromatic heterocycles. The molecule has 0 saturated carbocycles. The molecule has 25 heavy (non-hydrogen) atoms. The van der Waals surface area contributed by atoms with Gasteiger partial charge in [0.2, 0.25) is 5.95 Å². The highest BCUT2D eigenvalue weighted by molar-refractivity contribution is 5.91. The maximum atomic E-state index is 4.78. The molecule has 0 spiro atoms. The fraction of sp³-hybridized carbons (Fsp3) is 0.350. The van der Waals surface area contributed by atoms with E-state index in [2.05, 4.69) is 32.3 Å². The summed E-state index contributed by atoms with van der Waals surface area (Å²) in [6.07, 6.45) is 6.85. The lowest BCUT2D eigenvalue weighted by Crippen LogP contribution is -2.26. The van der Waals surface area contributed by atoms with E-state index in [0.717, 1.165) is 47.1 Å². The predicted molar refractivity (Wildman–Crippen MR) is 102 cm³/mol. The van der Waals surface area contributed by atoms with Crippen LogP contribution in [0.1, 0.15) is 31.4 Å². The maximum absolute atomic E-state index is 4.78. The third-order valence-corrected chi connectivity index (χ3v) is 4.63. The Kier molecular flexibility index (Phi) is 4.46. The standard InChI is InChI=1S/C20H23N5/c1-15-14-18(24-20(22-15)25-12-4-2-3-5-13-25)23-17-10-6-8-16-9-7-11-21-19(16)17/h6-11,14H,2-5,12-13H2,1H3,(H,22,23,24). The van der Waals surface area contributed by atoms with E-state index in [0.29, 0.717) is 0 Å². The summed E-state index contributed by atoms with van der Waals surface area (Å²) in [6.45, 7) is 4.10. The van der Waals surface area contributed by atoms with Crippen molar-refractivity contribution < 1.29 is 0 Å². The second kappa shape index (κ2) is 7.05. The van der Waals surface area contributed by atoms with Crippen LogP contribution in [0.25, 0.3) is 10.9 Å². The number of hydrogen-bond donors (Lipinski definition) is 1. The van der Waals surface area contributed by atoms with Crippen LogP contribution in [0.3, 0.4) is 0 Å². The van der Waals surface area contributed by atoms with E-state index in [1.165, 1.54) is 25.7 Å². The third kappa shape index (κ3) is 3.55. The van der Waals surface area contributed by atoms with Crippen LogP contribution in [-0.4, -0.2) is 28.0 Å². The van der Waals surface area contributed by atoms with Gasteiger partial charge in [-0.1, -0.05) is 31.0 Å². The van der Waals surface area contributed by atoms with Crippen LogP contribution in [0.5, 0.6) is 0 Å². The Bertz CT molecular complexity index is 864. The molecule has 1 N–H and O–H groups in total. The van der Waals surface area contributed by atoms with E-state index in [4.69, 9.17) is 4.98 Å². The number of pyridine rings is 1. The SMILES string of the molecule is Cc1cc(Nc2cccc3cccnc23)nc(N2CCCCCC2)n1. The van der Waals surface area contributed by atoms with Gasteiger partial charge in [0, 0.05) is 36.4 Å². The quantitative estimate of drug-likeness (QED) is 0.767. The summed E-state index contributed by atoms with van der Waals surface area (Å²) in [7, 11) is 0. The lowest BCUT2D eigenvalue weighted by Gasteiger charge is -2.21. The van der Waals surface area contributed by atoms with Crippen LogP contribution >= 0.6 is 0 Å². The zero-order chi connectivity index (χ0) is 17.1. The van der Waals surface area contributed by atoms with Crippen molar-refractivity contribution in [2.24, 2.45) is 0 Å². The molecule has 128 valence electrons. The molecule has 1 fully saturated rings. The fourth-order valence-electron chi connectivity index (χ4n) is 3.37. The first-order chi connectivity index (χ1) is 12.3. The Morgan fingerprint density at radius 2 is 1.76 bits per heavy atom. The summed E-state index contributed by atoms with van der Waals surface area (Å²) < 4.78 is 0. The number of anilines is 3. The smallest absolute Gasteiger partial charge is 0.227 e. The Balaban J connectivity index is 1.66. The molecule has 1 aliphatic rings. The van der Waals surface area contributed by atoms with Gasteiger partial charge in [0.1, 0.15) is 5.82 Å². The minimum absolute atomic E-state index is 0.824. The first-order valence-corrected chi connectivity index (χ1v) is 9.01. The number of hydrogen-bond acceptors (Lipinski definition) is 5. The van der Waals surface area contributed by atoms with Crippen molar-refractivity contribution in [3.8, 4) is 0 Å². The minimum Gasteiger partial charge on any atom is -0.341 e. The number of rotatable bonds is 3. The normalized spacial score (nSPS) is 15.2. The van der Waals surface area contributed by atoms with Crippen molar-refractivity contribution in [2.45, 2.75) is 32.6 Å². The van der Waals surface area contributed by atoms with E-state index in [-0.39, 0.29) is 0 Å². The molecule has 3 heterocycles. The molecule has 1 aliphatic heterocycles. The Morgan fingerprint density at radius 1 is 0.960 bits per heavy atom. The molecular formula is C20H23N5. The number of nitrogens with one attached hydrogen (secondary N) is 1. The zero-order valence-electron chi connectivity index (χ0n) is 14.6. The molecule has 0 radical (unpaired) electrons. The Morgan fingerprint density at radius 3 is 2.60 bits per heavy atom. The van der Waals surface area contributed by atoms with Gasteiger partial charge < -0.3 is 10.2 Å². The summed E-state index contributed by atoms with van der Waals surface area (Å²) in [5.41, 5.74) is 2.90. The van der Waals surface area contributed by atoms with Crippen molar-refractivity contribution in [2.75, 3.05) is 23.3 Å². The number of para-hydroxylation sites is 1. The van der Waals surface area contributed by atoms with Gasteiger partial charge in [-0.3, -0.25) is 4.98 Å². The van der Waals surface area contributed by atoms with Gasteiger partial charge in [-0.15, -0.1) is 0 Å². The maximum Gasteiger partial charge on any atom is 0.227 e. The van der Waals surface area contributed by atoms with Gasteiger partial charge >= 0.3 is 0 Å². The van der Waals surface area contributed by atoms with Crippen molar-refractivity contribution in [1.29, 1.82) is 0 Å². The lowest BCUT2D eigenvalue weighted by molar-refractivity contribution is 0.726. The monoisotopic (exact) mass is 333 g/mol. The van der Waals surface area contributed by atoms with E-state index < -0.39 is 0 Å². The van der Waals surface area contributed by atoms with Crippen molar-refractivity contribution in [3.05, 3.63) is 48.3 Å². The van der Waals surface area contributed by atoms with Crippen LogP contribution in [0.15, 0.2) is 42.6 Å². The molecule has 0 atom stereocenters. The fourth-order valence-corrected chi connectivity index (χ4v) is 3.37. The van der Waals surface area contributed by atoms with Crippen LogP contribution in [-0.2, 0) is 0 Å². The van der Waals surface area contributed by atoms with E-state index >= 15 is 0 Å². The molecule has 0 bridgehead atoms. The Labute approximate surface area is 148 Å². The molecular weight excluding hydrogens is 310 g/mol. The van der Waals surface area contributed by atoms with Crippen molar-refractivity contribution in [3.63, 3.8) is 0 Å². The number of nitrogens with zero attached hydrogens (tertiary/aromatic N) is 4. The lowest BCUT2D eigenvalue weighted by atomic mass is 10.2. The topological polar surface area (TPSA) is 53.9 Å². The van der Waals surface area contributed by atoms with Crippen molar-refractivity contribution >= 4 is 28.4 Å². The van der Waals surface area contributed by atoms with Crippen LogP contribution in [0, 0.1) is 6.92 Å². The summed E-state index contributed by atoms with van der Waals surface area (Å²) in [5, 5.41) is 4.56. The second-order valence-electron chi connectivity index (χ2n) is 6.60. The average molecular weight is 333 g/mol. The molecule has 4 rings (SSSR count). The second-order valence-corrected chi connectivity index (χ2v) is 6.60. The first kappa shape index (κ1) is 15.8. The van der Waals surface area contributed by atoms with Gasteiger partial charge in [0.15, 0.2) is 0 Å². The van der Waals surface area contributed by atoms with Gasteiger partial charge in [0.05, 0.1) is 11.2 Å². The Hall–Kier alpha value is -2.69. The van der Waals surface area contributed by atoms with E-state index in [9.17, 15) is 0 Å². The molecule has 5 heteroatoms.